The van der Waals surface area contributed by atoms with E-state index in [0.717, 1.165) is 0 Å². The minimum absolute atomic E-state index is 0.0648. The zero-order chi connectivity index (χ0) is 11.5. The summed E-state index contributed by atoms with van der Waals surface area (Å²) in [6.45, 7) is 6.52. The van der Waals surface area contributed by atoms with Crippen LogP contribution < -0.4 is 5.32 Å². The number of piperidine rings is 1. The zero-order valence-corrected chi connectivity index (χ0v) is 9.63. The van der Waals surface area contributed by atoms with E-state index in [-0.39, 0.29) is 23.3 Å². The molecule has 0 spiro atoms. The van der Waals surface area contributed by atoms with Gasteiger partial charge >= 0.3 is 0 Å². The predicted molar refractivity (Wildman–Crippen MR) is 56.2 cm³/mol. The molecule has 0 aliphatic carbocycles. The summed E-state index contributed by atoms with van der Waals surface area (Å²) in [6.07, 6.45) is 1.79. The number of hydrogen-bond acceptors (Lipinski definition) is 3. The van der Waals surface area contributed by atoms with Crippen molar-refractivity contribution in [1.29, 1.82) is 0 Å². The molecule has 0 saturated carbocycles. The number of carbonyl (C=O) groups excluding carboxylic acids is 2. The van der Waals surface area contributed by atoms with Gasteiger partial charge in [0.1, 0.15) is 0 Å². The van der Waals surface area contributed by atoms with Crippen LogP contribution in [0.15, 0.2) is 0 Å². The van der Waals surface area contributed by atoms with Crippen molar-refractivity contribution in [2.45, 2.75) is 45.6 Å². The van der Waals surface area contributed by atoms with Crippen molar-refractivity contribution in [2.75, 3.05) is 6.61 Å². The molecule has 0 aromatic carbocycles. The van der Waals surface area contributed by atoms with Gasteiger partial charge in [-0.25, -0.2) is 0 Å². The largest absolute Gasteiger partial charge is 0.376 e. The number of imide groups is 1. The average molecular weight is 213 g/mol. The summed E-state index contributed by atoms with van der Waals surface area (Å²) in [6, 6.07) is 0. The molecule has 1 fully saturated rings. The summed E-state index contributed by atoms with van der Waals surface area (Å²) in [4.78, 5) is 22.3. The standard InChI is InChI=1S/C11H19NO3/c1-11(2,3)15-7-6-8-4-5-9(13)12-10(8)14/h8H,4-7H2,1-3H3,(H,12,13,14). The van der Waals surface area contributed by atoms with Crippen LogP contribution in [0.3, 0.4) is 0 Å². The van der Waals surface area contributed by atoms with Crippen LogP contribution in [-0.4, -0.2) is 24.0 Å². The van der Waals surface area contributed by atoms with Gasteiger partial charge in [0.25, 0.3) is 0 Å². The highest BCUT2D eigenvalue weighted by atomic mass is 16.5. The topological polar surface area (TPSA) is 55.4 Å². The molecular formula is C11H19NO3. The molecule has 1 heterocycles. The fourth-order valence-electron chi connectivity index (χ4n) is 1.52. The van der Waals surface area contributed by atoms with Gasteiger partial charge in [-0.3, -0.25) is 14.9 Å². The first kappa shape index (κ1) is 12.2. The Morgan fingerprint density at radius 1 is 1.40 bits per heavy atom. The molecule has 15 heavy (non-hydrogen) atoms. The summed E-state index contributed by atoms with van der Waals surface area (Å²) < 4.78 is 5.54. The normalized spacial score (nSPS) is 22.7. The highest BCUT2D eigenvalue weighted by Gasteiger charge is 2.26. The second-order valence-corrected chi connectivity index (χ2v) is 4.90. The van der Waals surface area contributed by atoms with E-state index in [1.807, 2.05) is 20.8 Å². The Morgan fingerprint density at radius 3 is 2.60 bits per heavy atom. The molecule has 1 atom stereocenters. The number of amides is 2. The molecule has 1 unspecified atom stereocenters. The Balaban J connectivity index is 2.27. The van der Waals surface area contributed by atoms with E-state index >= 15 is 0 Å². The monoisotopic (exact) mass is 213 g/mol. The van der Waals surface area contributed by atoms with Gasteiger partial charge in [0.15, 0.2) is 0 Å². The van der Waals surface area contributed by atoms with E-state index in [1.165, 1.54) is 0 Å². The van der Waals surface area contributed by atoms with Gasteiger partial charge in [-0.15, -0.1) is 0 Å². The highest BCUT2D eigenvalue weighted by Crippen LogP contribution is 2.17. The van der Waals surface area contributed by atoms with Crippen molar-refractivity contribution in [3.8, 4) is 0 Å². The Morgan fingerprint density at radius 2 is 2.07 bits per heavy atom. The maximum atomic E-state index is 11.4. The van der Waals surface area contributed by atoms with Gasteiger partial charge in [-0.05, 0) is 33.6 Å². The van der Waals surface area contributed by atoms with Gasteiger partial charge in [0.2, 0.25) is 11.8 Å². The molecule has 0 aromatic rings. The van der Waals surface area contributed by atoms with E-state index in [2.05, 4.69) is 5.32 Å². The second-order valence-electron chi connectivity index (χ2n) is 4.90. The lowest BCUT2D eigenvalue weighted by Gasteiger charge is -2.24. The van der Waals surface area contributed by atoms with Gasteiger partial charge in [-0.2, -0.15) is 0 Å². The van der Waals surface area contributed by atoms with E-state index in [4.69, 9.17) is 4.74 Å². The van der Waals surface area contributed by atoms with E-state index in [1.54, 1.807) is 0 Å². The number of nitrogens with one attached hydrogen (secondary N) is 1. The predicted octanol–water partition coefficient (Wildman–Crippen LogP) is 1.24. The molecule has 1 aliphatic heterocycles. The van der Waals surface area contributed by atoms with E-state index in [9.17, 15) is 9.59 Å². The third-order valence-electron chi connectivity index (χ3n) is 2.35. The molecule has 1 saturated heterocycles. The third-order valence-corrected chi connectivity index (χ3v) is 2.35. The molecule has 4 nitrogen and oxygen atoms in total. The fourth-order valence-corrected chi connectivity index (χ4v) is 1.52. The molecular weight excluding hydrogens is 194 g/mol. The molecule has 0 radical (unpaired) electrons. The maximum Gasteiger partial charge on any atom is 0.229 e. The van der Waals surface area contributed by atoms with Crippen LogP contribution in [0.2, 0.25) is 0 Å². The van der Waals surface area contributed by atoms with Gasteiger partial charge in [0, 0.05) is 18.9 Å². The van der Waals surface area contributed by atoms with Crippen LogP contribution in [0.25, 0.3) is 0 Å². The van der Waals surface area contributed by atoms with Crippen molar-refractivity contribution in [2.24, 2.45) is 5.92 Å². The second kappa shape index (κ2) is 4.75. The van der Waals surface area contributed by atoms with Gasteiger partial charge in [-0.1, -0.05) is 0 Å². The molecule has 1 aliphatic rings. The fraction of sp³-hybridized carbons (Fsp3) is 0.818. The van der Waals surface area contributed by atoms with Crippen molar-refractivity contribution in [3.05, 3.63) is 0 Å². The van der Waals surface area contributed by atoms with Crippen LogP contribution in [0.4, 0.5) is 0 Å². The number of rotatable bonds is 3. The summed E-state index contributed by atoms with van der Waals surface area (Å²) in [7, 11) is 0. The van der Waals surface area contributed by atoms with Crippen LogP contribution in [0, 0.1) is 5.92 Å². The lowest BCUT2D eigenvalue weighted by molar-refractivity contribution is -0.137. The third kappa shape index (κ3) is 4.42. The maximum absolute atomic E-state index is 11.4. The van der Waals surface area contributed by atoms with Crippen molar-refractivity contribution in [1.82, 2.24) is 5.32 Å². The van der Waals surface area contributed by atoms with E-state index < -0.39 is 0 Å². The number of carbonyl (C=O) groups is 2. The summed E-state index contributed by atoms with van der Waals surface area (Å²) in [5, 5.41) is 2.34. The minimum Gasteiger partial charge on any atom is -0.376 e. The number of ether oxygens (including phenoxy) is 1. The Hall–Kier alpha value is -0.900. The minimum atomic E-state index is -0.166. The number of hydrogen-bond donors (Lipinski definition) is 1. The molecule has 1 rings (SSSR count). The molecule has 2 amide bonds. The lowest BCUT2D eigenvalue weighted by Crippen LogP contribution is -2.41. The average Bonchev–Trinajstić information content (AvgIpc) is 2.07. The summed E-state index contributed by atoms with van der Waals surface area (Å²) in [5.41, 5.74) is -0.166. The van der Waals surface area contributed by atoms with Gasteiger partial charge < -0.3 is 4.74 Å². The molecule has 4 heteroatoms. The SMILES string of the molecule is CC(C)(C)OCCC1CCC(=O)NC1=O. The van der Waals surface area contributed by atoms with Crippen molar-refractivity contribution >= 4 is 11.8 Å². The molecule has 0 bridgehead atoms. The lowest BCUT2D eigenvalue weighted by atomic mass is 9.95. The molecule has 0 aromatic heterocycles. The molecule has 1 N–H and O–H groups in total. The first-order valence-corrected chi connectivity index (χ1v) is 5.36. The highest BCUT2D eigenvalue weighted by molar-refractivity contribution is 5.98. The first-order valence-electron chi connectivity index (χ1n) is 5.36. The Bertz CT molecular complexity index is 255. The molecule has 86 valence electrons. The summed E-state index contributed by atoms with van der Waals surface area (Å²) >= 11 is 0. The first-order chi connectivity index (χ1) is 6.88. The smallest absolute Gasteiger partial charge is 0.229 e. The van der Waals surface area contributed by atoms with Crippen molar-refractivity contribution < 1.29 is 14.3 Å². The van der Waals surface area contributed by atoms with Crippen LogP contribution >= 0.6 is 0 Å². The Kier molecular flexibility index (Phi) is 3.85. The van der Waals surface area contributed by atoms with Crippen LogP contribution in [-0.2, 0) is 14.3 Å². The quantitative estimate of drug-likeness (QED) is 0.718. The summed E-state index contributed by atoms with van der Waals surface area (Å²) in [5.74, 6) is -0.373. The Labute approximate surface area is 90.4 Å². The van der Waals surface area contributed by atoms with Gasteiger partial charge in [0.05, 0.1) is 5.60 Å². The zero-order valence-electron chi connectivity index (χ0n) is 9.63. The van der Waals surface area contributed by atoms with Crippen molar-refractivity contribution in [3.63, 3.8) is 0 Å². The van der Waals surface area contributed by atoms with E-state index in [0.29, 0.717) is 25.9 Å². The van der Waals surface area contributed by atoms with Crippen LogP contribution in [0.1, 0.15) is 40.0 Å². The van der Waals surface area contributed by atoms with Crippen LogP contribution in [0.5, 0.6) is 0 Å².